The summed E-state index contributed by atoms with van der Waals surface area (Å²) in [6.45, 7) is 3.77. The number of ether oxygens (including phenoxy) is 1. The highest BCUT2D eigenvalue weighted by atomic mass is 35.5. The summed E-state index contributed by atoms with van der Waals surface area (Å²) in [6.07, 6.45) is 0. The molecule has 0 saturated carbocycles. The lowest BCUT2D eigenvalue weighted by Crippen LogP contribution is -2.48. The first kappa shape index (κ1) is 16.2. The Hall–Kier alpha value is -1.63. The summed E-state index contributed by atoms with van der Waals surface area (Å²) >= 11 is 7.55. The van der Waals surface area contributed by atoms with Crippen molar-refractivity contribution in [2.24, 2.45) is 11.8 Å². The molecule has 0 spiro atoms. The number of thiazole rings is 1. The van der Waals surface area contributed by atoms with Crippen LogP contribution in [0.2, 0.25) is 5.02 Å². The Morgan fingerprint density at radius 3 is 2.91 bits per heavy atom. The number of hydrogen-bond donors (Lipinski definition) is 2. The maximum absolute atomic E-state index is 12.2. The molecule has 0 aliphatic carbocycles. The fourth-order valence-corrected chi connectivity index (χ4v) is 3.37. The fourth-order valence-electron chi connectivity index (χ4n) is 2.39. The predicted octanol–water partition coefficient (Wildman–Crippen LogP) is 3.27. The summed E-state index contributed by atoms with van der Waals surface area (Å²) in [5.41, 5.74) is 1.68. The molecule has 1 unspecified atom stereocenters. The van der Waals surface area contributed by atoms with Crippen molar-refractivity contribution in [2.45, 2.75) is 6.92 Å². The van der Waals surface area contributed by atoms with Gasteiger partial charge >= 0.3 is 0 Å². The maximum Gasteiger partial charge on any atom is 0.229 e. The summed E-state index contributed by atoms with van der Waals surface area (Å²) < 4.78 is 5.15. The second-order valence-corrected chi connectivity index (χ2v) is 6.85. The van der Waals surface area contributed by atoms with E-state index in [4.69, 9.17) is 16.3 Å². The molecule has 0 radical (unpaired) electrons. The van der Waals surface area contributed by atoms with Crippen LogP contribution in [-0.2, 0) is 4.79 Å². The Labute approximate surface area is 144 Å². The molecule has 1 saturated heterocycles. The Morgan fingerprint density at radius 2 is 2.30 bits per heavy atom. The van der Waals surface area contributed by atoms with E-state index >= 15 is 0 Å². The standard InChI is InChI=1S/C16H18ClN3O2S/c1-9(11-6-18-7-11)15(21)20-16-19-13(8-23-16)10-3-4-14(22-2)12(17)5-10/h3-5,8-9,11,18H,6-7H2,1-2H3,(H,19,20,21). The van der Waals surface area contributed by atoms with Gasteiger partial charge in [-0.1, -0.05) is 18.5 Å². The molecule has 2 heterocycles. The number of anilines is 1. The molecule has 1 aromatic heterocycles. The van der Waals surface area contributed by atoms with Crippen LogP contribution < -0.4 is 15.4 Å². The fraction of sp³-hybridized carbons (Fsp3) is 0.375. The third-order valence-electron chi connectivity index (χ3n) is 4.12. The average Bonchev–Trinajstić information content (AvgIpc) is 2.93. The van der Waals surface area contributed by atoms with Gasteiger partial charge in [-0.05, 0) is 37.2 Å². The quantitative estimate of drug-likeness (QED) is 0.867. The second-order valence-electron chi connectivity index (χ2n) is 5.58. The molecule has 3 rings (SSSR count). The molecule has 2 aromatic rings. The minimum absolute atomic E-state index is 0.0148. The Morgan fingerprint density at radius 1 is 1.52 bits per heavy atom. The van der Waals surface area contributed by atoms with Crippen LogP contribution in [0, 0.1) is 11.8 Å². The molecule has 0 bridgehead atoms. The van der Waals surface area contributed by atoms with Gasteiger partial charge in [-0.3, -0.25) is 4.79 Å². The molecule has 122 valence electrons. The zero-order valence-electron chi connectivity index (χ0n) is 12.9. The van der Waals surface area contributed by atoms with E-state index in [0.29, 0.717) is 21.8 Å². The average molecular weight is 352 g/mol. The van der Waals surface area contributed by atoms with E-state index in [-0.39, 0.29) is 11.8 Å². The topological polar surface area (TPSA) is 63.2 Å². The number of amides is 1. The molecule has 1 amide bonds. The highest BCUT2D eigenvalue weighted by molar-refractivity contribution is 7.14. The maximum atomic E-state index is 12.2. The van der Waals surface area contributed by atoms with Crippen LogP contribution in [-0.4, -0.2) is 31.1 Å². The first-order valence-electron chi connectivity index (χ1n) is 7.39. The largest absolute Gasteiger partial charge is 0.495 e. The van der Waals surface area contributed by atoms with Gasteiger partial charge < -0.3 is 15.4 Å². The van der Waals surface area contributed by atoms with Gasteiger partial charge in [0, 0.05) is 16.9 Å². The number of nitrogens with zero attached hydrogens (tertiary/aromatic N) is 1. The molecule has 23 heavy (non-hydrogen) atoms. The van der Waals surface area contributed by atoms with Crippen LogP contribution in [0.5, 0.6) is 5.75 Å². The van der Waals surface area contributed by atoms with Crippen molar-refractivity contribution in [1.82, 2.24) is 10.3 Å². The molecule has 1 aromatic carbocycles. The van der Waals surface area contributed by atoms with E-state index in [9.17, 15) is 4.79 Å². The van der Waals surface area contributed by atoms with Crippen molar-refractivity contribution in [3.63, 3.8) is 0 Å². The van der Waals surface area contributed by atoms with E-state index < -0.39 is 0 Å². The van der Waals surface area contributed by atoms with E-state index in [1.54, 1.807) is 13.2 Å². The van der Waals surface area contributed by atoms with E-state index in [1.807, 2.05) is 24.4 Å². The number of nitrogens with one attached hydrogen (secondary N) is 2. The first-order chi connectivity index (χ1) is 11.1. The summed E-state index contributed by atoms with van der Waals surface area (Å²) in [7, 11) is 1.58. The van der Waals surface area contributed by atoms with Crippen LogP contribution >= 0.6 is 22.9 Å². The van der Waals surface area contributed by atoms with Gasteiger partial charge in [0.25, 0.3) is 0 Å². The lowest BCUT2D eigenvalue weighted by molar-refractivity contribution is -0.121. The van der Waals surface area contributed by atoms with E-state index in [0.717, 1.165) is 24.3 Å². The van der Waals surface area contributed by atoms with Gasteiger partial charge in [-0.2, -0.15) is 0 Å². The van der Waals surface area contributed by atoms with Crippen LogP contribution in [0.4, 0.5) is 5.13 Å². The SMILES string of the molecule is COc1ccc(-c2csc(NC(=O)C(C)C3CNC3)n2)cc1Cl. The summed E-state index contributed by atoms with van der Waals surface area (Å²) in [5, 5.41) is 9.14. The number of halogens is 1. The van der Waals surface area contributed by atoms with Gasteiger partial charge in [0.2, 0.25) is 5.91 Å². The predicted molar refractivity (Wildman–Crippen MR) is 93.3 cm³/mol. The van der Waals surface area contributed by atoms with E-state index in [1.165, 1.54) is 11.3 Å². The van der Waals surface area contributed by atoms with Crippen LogP contribution in [0.15, 0.2) is 23.6 Å². The third kappa shape index (κ3) is 3.49. The molecular weight excluding hydrogens is 334 g/mol. The molecular formula is C16H18ClN3O2S. The number of rotatable bonds is 5. The molecule has 2 N–H and O–H groups in total. The number of methoxy groups -OCH3 is 1. The molecule has 7 heteroatoms. The number of hydrogen-bond acceptors (Lipinski definition) is 5. The van der Waals surface area contributed by atoms with Crippen molar-refractivity contribution in [3.05, 3.63) is 28.6 Å². The van der Waals surface area contributed by atoms with Crippen molar-refractivity contribution < 1.29 is 9.53 Å². The highest BCUT2D eigenvalue weighted by Gasteiger charge is 2.29. The Balaban J connectivity index is 1.70. The van der Waals surface area contributed by atoms with Crippen LogP contribution in [0.3, 0.4) is 0 Å². The zero-order chi connectivity index (χ0) is 16.4. The molecule has 1 aliphatic rings. The number of carbonyl (C=O) groups excluding carboxylic acids is 1. The molecule has 5 nitrogen and oxygen atoms in total. The lowest BCUT2D eigenvalue weighted by Gasteiger charge is -2.31. The monoisotopic (exact) mass is 351 g/mol. The number of carbonyl (C=O) groups is 1. The van der Waals surface area contributed by atoms with Gasteiger partial charge in [-0.25, -0.2) is 4.98 Å². The summed E-state index contributed by atoms with van der Waals surface area (Å²) in [4.78, 5) is 16.7. The Bertz CT molecular complexity index is 715. The smallest absolute Gasteiger partial charge is 0.229 e. The van der Waals surface area contributed by atoms with Crippen molar-refractivity contribution in [1.29, 1.82) is 0 Å². The van der Waals surface area contributed by atoms with Gasteiger partial charge in [-0.15, -0.1) is 11.3 Å². The molecule has 1 atom stereocenters. The van der Waals surface area contributed by atoms with Crippen LogP contribution in [0.25, 0.3) is 11.3 Å². The Kier molecular flexibility index (Phi) is 4.84. The third-order valence-corrected chi connectivity index (χ3v) is 5.17. The number of aromatic nitrogens is 1. The van der Waals surface area contributed by atoms with Crippen LogP contribution in [0.1, 0.15) is 6.92 Å². The summed E-state index contributed by atoms with van der Waals surface area (Å²) in [6, 6.07) is 5.51. The second kappa shape index (κ2) is 6.86. The van der Waals surface area contributed by atoms with Crippen molar-refractivity contribution in [3.8, 4) is 17.0 Å². The zero-order valence-corrected chi connectivity index (χ0v) is 14.5. The van der Waals surface area contributed by atoms with Crippen molar-refractivity contribution in [2.75, 3.05) is 25.5 Å². The first-order valence-corrected chi connectivity index (χ1v) is 8.65. The highest BCUT2D eigenvalue weighted by Crippen LogP contribution is 2.32. The van der Waals surface area contributed by atoms with E-state index in [2.05, 4.69) is 15.6 Å². The van der Waals surface area contributed by atoms with Gasteiger partial charge in [0.1, 0.15) is 5.75 Å². The molecule has 1 fully saturated rings. The minimum Gasteiger partial charge on any atom is -0.495 e. The molecule has 1 aliphatic heterocycles. The van der Waals surface area contributed by atoms with Crippen molar-refractivity contribution >= 4 is 34.0 Å². The summed E-state index contributed by atoms with van der Waals surface area (Å²) in [5.74, 6) is 1.04. The van der Waals surface area contributed by atoms with Gasteiger partial charge in [0.05, 0.1) is 17.8 Å². The lowest BCUT2D eigenvalue weighted by atomic mass is 9.88. The van der Waals surface area contributed by atoms with Gasteiger partial charge in [0.15, 0.2) is 5.13 Å². The minimum atomic E-state index is -0.0148. The number of benzene rings is 1. The normalized spacial score (nSPS) is 15.8.